The Morgan fingerprint density at radius 1 is 0.704 bits per heavy atom. The number of H-pyrrole nitrogens is 2. The van der Waals surface area contributed by atoms with Crippen molar-refractivity contribution in [3.63, 3.8) is 0 Å². The standard InChI is InChI=1S/C36H38N8O8S2/c1-23(43(21-45)19-29-17-39-25(3)41-33(29)47)31(9-13-51-35(49)27-7-5-11-37-15-27)53-54-32(10-14-52-36(50)28-8-6-12-38-16-28)24(2)44(22-46)20-30-18-40-26(4)42-34(30)48/h5-8,11-12,15-18,21-22H,9-10,13-14,19-20H2,1-4H3,(H,39,41,47)(H,40,42,48). The Kier molecular flexibility index (Phi) is 15.4. The molecule has 18 heteroatoms. The number of aromatic amines is 2. The zero-order chi connectivity index (χ0) is 39.0. The maximum atomic E-state index is 12.7. The van der Waals surface area contributed by atoms with Crippen LogP contribution in [0.25, 0.3) is 0 Å². The molecular formula is C36H38N8O8S2. The number of aryl methyl sites for hydroxylation is 2. The average Bonchev–Trinajstić information content (AvgIpc) is 3.17. The van der Waals surface area contributed by atoms with Crippen LogP contribution in [-0.2, 0) is 32.2 Å². The van der Waals surface area contributed by atoms with Crippen LogP contribution in [0.2, 0.25) is 0 Å². The van der Waals surface area contributed by atoms with E-state index in [-0.39, 0.29) is 61.4 Å². The quantitative estimate of drug-likeness (QED) is 0.0777. The summed E-state index contributed by atoms with van der Waals surface area (Å²) < 4.78 is 11.1. The van der Waals surface area contributed by atoms with E-state index in [0.29, 0.717) is 45.7 Å². The van der Waals surface area contributed by atoms with Crippen LogP contribution in [0.15, 0.2) is 92.2 Å². The number of nitrogens with one attached hydrogen (secondary N) is 2. The summed E-state index contributed by atoms with van der Waals surface area (Å²) in [6.45, 7) is 6.34. The molecule has 54 heavy (non-hydrogen) atoms. The minimum Gasteiger partial charge on any atom is -0.462 e. The van der Waals surface area contributed by atoms with Gasteiger partial charge in [-0.3, -0.25) is 29.1 Å². The van der Waals surface area contributed by atoms with Crippen molar-refractivity contribution < 1.29 is 28.7 Å². The number of esters is 2. The van der Waals surface area contributed by atoms with Gasteiger partial charge in [-0.05, 0) is 52.0 Å². The van der Waals surface area contributed by atoms with E-state index < -0.39 is 23.1 Å². The summed E-state index contributed by atoms with van der Waals surface area (Å²) in [7, 11) is 2.46. The fourth-order valence-electron chi connectivity index (χ4n) is 4.68. The molecule has 282 valence electrons. The third-order valence-corrected chi connectivity index (χ3v) is 10.7. The first kappa shape index (κ1) is 40.9. The van der Waals surface area contributed by atoms with Crippen LogP contribution in [0.1, 0.15) is 70.2 Å². The van der Waals surface area contributed by atoms with Crippen molar-refractivity contribution in [3.05, 3.63) is 137 Å². The van der Waals surface area contributed by atoms with Crippen molar-refractivity contribution in [3.8, 4) is 0 Å². The van der Waals surface area contributed by atoms with Gasteiger partial charge in [-0.2, -0.15) is 0 Å². The molecule has 0 saturated carbocycles. The van der Waals surface area contributed by atoms with Gasteiger partial charge < -0.3 is 29.2 Å². The summed E-state index contributed by atoms with van der Waals surface area (Å²) >= 11 is 0. The lowest BCUT2D eigenvalue weighted by Crippen LogP contribution is -2.26. The summed E-state index contributed by atoms with van der Waals surface area (Å²) in [5.41, 5.74) is 1.17. The Morgan fingerprint density at radius 2 is 1.11 bits per heavy atom. The molecule has 0 spiro atoms. The van der Waals surface area contributed by atoms with Crippen LogP contribution in [0, 0.1) is 13.8 Å². The fourth-order valence-corrected chi connectivity index (χ4v) is 7.51. The molecule has 0 aromatic carbocycles. The normalized spacial score (nSPS) is 11.9. The highest BCUT2D eigenvalue weighted by Gasteiger charge is 2.20. The first-order valence-electron chi connectivity index (χ1n) is 16.4. The van der Waals surface area contributed by atoms with E-state index >= 15 is 0 Å². The first-order valence-corrected chi connectivity index (χ1v) is 18.6. The smallest absolute Gasteiger partial charge is 0.339 e. The Bertz CT molecular complexity index is 1970. The predicted octanol–water partition coefficient (Wildman–Crippen LogP) is 4.22. The highest BCUT2D eigenvalue weighted by atomic mass is 33.1. The molecule has 16 nitrogen and oxygen atoms in total. The van der Waals surface area contributed by atoms with Gasteiger partial charge in [-0.1, -0.05) is 21.6 Å². The number of aromatic nitrogens is 6. The Balaban J connectivity index is 1.64. The zero-order valence-electron chi connectivity index (χ0n) is 29.9. The topological polar surface area (TPSA) is 210 Å². The van der Waals surface area contributed by atoms with Crippen molar-refractivity contribution in [2.45, 2.75) is 53.6 Å². The van der Waals surface area contributed by atoms with E-state index in [1.54, 1.807) is 52.0 Å². The molecule has 4 heterocycles. The monoisotopic (exact) mass is 774 g/mol. The zero-order valence-corrected chi connectivity index (χ0v) is 31.6. The maximum Gasteiger partial charge on any atom is 0.339 e. The number of hydrogen-bond donors (Lipinski definition) is 2. The molecule has 0 bridgehead atoms. The lowest BCUT2D eigenvalue weighted by Gasteiger charge is -2.24. The molecule has 2 N–H and O–H groups in total. The van der Waals surface area contributed by atoms with Gasteiger partial charge in [0.1, 0.15) is 11.6 Å². The maximum absolute atomic E-state index is 12.7. The summed E-state index contributed by atoms with van der Waals surface area (Å²) in [4.78, 5) is 101. The van der Waals surface area contributed by atoms with E-state index in [0.717, 1.165) is 0 Å². The number of rotatable bonds is 19. The van der Waals surface area contributed by atoms with Crippen LogP contribution in [-0.4, -0.2) is 77.7 Å². The SMILES string of the molecule is CC(=C(CCOC(=O)c1cccnc1)SSC(CCOC(=O)c1cccnc1)=C(C)N(C=O)Cc1cnc(C)[nH]c1=O)N(C=O)Cc1cnc(C)[nH]c1=O. The largest absolute Gasteiger partial charge is 0.462 e. The van der Waals surface area contributed by atoms with Gasteiger partial charge in [-0.15, -0.1) is 0 Å². The third kappa shape index (κ3) is 11.8. The minimum absolute atomic E-state index is 0.0717. The van der Waals surface area contributed by atoms with E-state index in [1.807, 2.05) is 0 Å². The second-order valence-corrected chi connectivity index (χ2v) is 13.9. The average molecular weight is 775 g/mol. The minimum atomic E-state index is -0.587. The Labute approximate surface area is 317 Å². The van der Waals surface area contributed by atoms with Crippen molar-refractivity contribution in [2.24, 2.45) is 0 Å². The molecule has 4 aromatic rings. The highest BCUT2D eigenvalue weighted by Crippen LogP contribution is 2.43. The number of pyridine rings is 2. The summed E-state index contributed by atoms with van der Waals surface area (Å²) in [6.07, 6.45) is 10.1. The molecule has 2 amide bonds. The number of ether oxygens (including phenoxy) is 2. The van der Waals surface area contributed by atoms with Crippen LogP contribution in [0.3, 0.4) is 0 Å². The van der Waals surface area contributed by atoms with Crippen LogP contribution >= 0.6 is 21.6 Å². The number of carbonyl (C=O) groups excluding carboxylic acids is 4. The second kappa shape index (κ2) is 20.4. The van der Waals surface area contributed by atoms with Gasteiger partial charge in [0.25, 0.3) is 11.1 Å². The Morgan fingerprint density at radius 3 is 1.44 bits per heavy atom. The molecule has 0 fully saturated rings. The lowest BCUT2D eigenvalue weighted by atomic mass is 10.2. The van der Waals surface area contributed by atoms with Gasteiger partial charge in [-0.25, -0.2) is 19.6 Å². The van der Waals surface area contributed by atoms with Gasteiger partial charge in [0.2, 0.25) is 12.8 Å². The van der Waals surface area contributed by atoms with Crippen LogP contribution in [0.5, 0.6) is 0 Å². The van der Waals surface area contributed by atoms with Gasteiger partial charge in [0, 0.05) is 71.2 Å². The molecule has 0 aliphatic carbocycles. The number of amides is 2. The molecule has 0 aliphatic rings. The van der Waals surface area contributed by atoms with Gasteiger partial charge >= 0.3 is 11.9 Å². The lowest BCUT2D eigenvalue weighted by molar-refractivity contribution is -0.117. The van der Waals surface area contributed by atoms with E-state index in [4.69, 9.17) is 9.47 Å². The summed E-state index contributed by atoms with van der Waals surface area (Å²) in [6, 6.07) is 6.37. The molecule has 0 radical (unpaired) electrons. The molecule has 4 rings (SSSR count). The van der Waals surface area contributed by atoms with Crippen LogP contribution < -0.4 is 11.1 Å². The van der Waals surface area contributed by atoms with Crippen molar-refractivity contribution in [1.29, 1.82) is 0 Å². The predicted molar refractivity (Wildman–Crippen MR) is 201 cm³/mol. The van der Waals surface area contributed by atoms with Crippen molar-refractivity contribution >= 4 is 46.3 Å². The summed E-state index contributed by atoms with van der Waals surface area (Å²) in [5.74, 6) is -0.331. The van der Waals surface area contributed by atoms with E-state index in [2.05, 4.69) is 29.9 Å². The molecule has 0 aliphatic heterocycles. The first-order chi connectivity index (χ1) is 26.0. The van der Waals surface area contributed by atoms with Gasteiger partial charge in [0.15, 0.2) is 0 Å². The summed E-state index contributed by atoms with van der Waals surface area (Å²) in [5, 5.41) is 0. The molecular weight excluding hydrogens is 737 g/mol. The van der Waals surface area contributed by atoms with Crippen molar-refractivity contribution in [2.75, 3.05) is 13.2 Å². The molecule has 4 aromatic heterocycles. The molecule has 0 unspecified atom stereocenters. The fraction of sp³-hybridized carbons (Fsp3) is 0.278. The number of allylic oxidation sites excluding steroid dienone is 2. The van der Waals surface area contributed by atoms with E-state index in [9.17, 15) is 28.8 Å². The number of nitrogens with zero attached hydrogens (tertiary/aromatic N) is 6. The van der Waals surface area contributed by atoms with Crippen molar-refractivity contribution in [1.82, 2.24) is 39.7 Å². The van der Waals surface area contributed by atoms with Gasteiger partial charge in [0.05, 0.1) is 48.6 Å². The molecule has 0 atom stereocenters. The second-order valence-electron chi connectivity index (χ2n) is 11.6. The Hall–Kier alpha value is -5.88. The number of hydrogen-bond acceptors (Lipinski definition) is 14. The molecule has 0 saturated heterocycles. The van der Waals surface area contributed by atoms with E-state index in [1.165, 1.54) is 68.6 Å². The van der Waals surface area contributed by atoms with Crippen LogP contribution in [0.4, 0.5) is 0 Å². The highest BCUT2D eigenvalue weighted by molar-refractivity contribution is 8.79. The third-order valence-electron chi connectivity index (χ3n) is 7.77. The number of carbonyl (C=O) groups is 4.